The van der Waals surface area contributed by atoms with Crippen LogP contribution in [0.3, 0.4) is 0 Å². The third-order valence-electron chi connectivity index (χ3n) is 4.90. The monoisotopic (exact) mass is 452 g/mol. The maximum atomic E-state index is 6.35. The summed E-state index contributed by atoms with van der Waals surface area (Å²) >= 11 is 12.4. The largest absolute Gasteiger partial charge is 0.496 e. The van der Waals surface area contributed by atoms with Gasteiger partial charge in [-0.1, -0.05) is 77.8 Å². The van der Waals surface area contributed by atoms with E-state index in [1.807, 2.05) is 66.7 Å². The molecule has 158 valence electrons. The van der Waals surface area contributed by atoms with Crippen molar-refractivity contribution in [1.82, 2.24) is 20.3 Å². The Morgan fingerprint density at radius 3 is 2.42 bits per heavy atom. The van der Waals surface area contributed by atoms with Crippen LogP contribution in [0.2, 0.25) is 10.0 Å². The summed E-state index contributed by atoms with van der Waals surface area (Å²) < 4.78 is 5.44. The number of hydrogen-bond donors (Lipinski definition) is 1. The normalized spacial score (nSPS) is 10.9. The predicted molar refractivity (Wildman–Crippen MR) is 125 cm³/mol. The average molecular weight is 453 g/mol. The van der Waals surface area contributed by atoms with Gasteiger partial charge in [0, 0.05) is 34.3 Å². The Morgan fingerprint density at radius 2 is 1.65 bits per heavy atom. The van der Waals surface area contributed by atoms with Crippen LogP contribution in [0.15, 0.2) is 72.8 Å². The number of rotatable bonds is 8. The minimum atomic E-state index is 0.461. The number of aromatic nitrogens is 3. The summed E-state index contributed by atoms with van der Waals surface area (Å²) in [5, 5.41) is 14.2. The fraction of sp³-hybridized carbons (Fsp3) is 0.167. The standard InChI is InChI=1S/C24H22Cl2N4O/c1-31-23-10-6-5-9-18(23)14-27-15-22-24(17-7-3-2-4-8-17)29-30(28-22)16-19-11-12-20(25)13-21(19)26/h2-13,27H,14-16H2,1H3. The van der Waals surface area contributed by atoms with Gasteiger partial charge >= 0.3 is 0 Å². The second kappa shape index (κ2) is 9.96. The van der Waals surface area contributed by atoms with Crippen LogP contribution >= 0.6 is 23.2 Å². The van der Waals surface area contributed by atoms with Crippen molar-refractivity contribution >= 4 is 23.2 Å². The Morgan fingerprint density at radius 1 is 0.871 bits per heavy atom. The average Bonchev–Trinajstić information content (AvgIpc) is 3.19. The van der Waals surface area contributed by atoms with Crippen LogP contribution in [0, 0.1) is 0 Å². The van der Waals surface area contributed by atoms with Crippen LogP contribution in [0.25, 0.3) is 11.3 Å². The summed E-state index contributed by atoms with van der Waals surface area (Å²) in [6, 6.07) is 23.5. The first-order chi connectivity index (χ1) is 15.1. The van der Waals surface area contributed by atoms with Crippen molar-refractivity contribution in [3.8, 4) is 17.0 Å². The topological polar surface area (TPSA) is 52.0 Å². The van der Waals surface area contributed by atoms with Gasteiger partial charge in [0.05, 0.1) is 13.7 Å². The van der Waals surface area contributed by atoms with Gasteiger partial charge in [-0.25, -0.2) is 0 Å². The number of hydrogen-bond acceptors (Lipinski definition) is 4. The Kier molecular flexibility index (Phi) is 6.87. The fourth-order valence-electron chi connectivity index (χ4n) is 3.36. The maximum absolute atomic E-state index is 6.35. The molecule has 1 aromatic heterocycles. The van der Waals surface area contributed by atoms with E-state index in [1.54, 1.807) is 18.0 Å². The molecule has 0 saturated carbocycles. The highest BCUT2D eigenvalue weighted by atomic mass is 35.5. The lowest BCUT2D eigenvalue weighted by molar-refractivity contribution is 0.407. The van der Waals surface area contributed by atoms with Crippen molar-refractivity contribution < 1.29 is 4.74 Å². The molecule has 31 heavy (non-hydrogen) atoms. The number of para-hydroxylation sites is 1. The molecule has 1 N–H and O–H groups in total. The lowest BCUT2D eigenvalue weighted by Crippen LogP contribution is -2.14. The first-order valence-electron chi connectivity index (χ1n) is 9.90. The molecule has 0 unspecified atom stereocenters. The molecule has 0 aliphatic heterocycles. The van der Waals surface area contributed by atoms with Crippen molar-refractivity contribution in [1.29, 1.82) is 0 Å². The van der Waals surface area contributed by atoms with Gasteiger partial charge in [-0.15, -0.1) is 0 Å². The molecule has 5 nitrogen and oxygen atoms in total. The molecular formula is C24H22Cl2N4O. The van der Waals surface area contributed by atoms with E-state index in [1.165, 1.54) is 0 Å². The van der Waals surface area contributed by atoms with Crippen LogP contribution in [0.1, 0.15) is 16.8 Å². The Hall–Kier alpha value is -2.86. The van der Waals surface area contributed by atoms with Gasteiger partial charge in [0.25, 0.3) is 0 Å². The fourth-order valence-corrected chi connectivity index (χ4v) is 3.83. The van der Waals surface area contributed by atoms with Crippen molar-refractivity contribution in [2.24, 2.45) is 0 Å². The van der Waals surface area contributed by atoms with Gasteiger partial charge in [-0.2, -0.15) is 15.0 Å². The number of methoxy groups -OCH3 is 1. The molecular weight excluding hydrogens is 431 g/mol. The SMILES string of the molecule is COc1ccccc1CNCc1nn(Cc2ccc(Cl)cc2Cl)nc1-c1ccccc1. The summed E-state index contributed by atoms with van der Waals surface area (Å²) in [5.74, 6) is 0.860. The lowest BCUT2D eigenvalue weighted by atomic mass is 10.1. The molecule has 1 heterocycles. The van der Waals surface area contributed by atoms with Crippen molar-refractivity contribution in [2.75, 3.05) is 7.11 Å². The minimum absolute atomic E-state index is 0.461. The van der Waals surface area contributed by atoms with E-state index in [9.17, 15) is 0 Å². The van der Waals surface area contributed by atoms with E-state index in [2.05, 4.69) is 5.32 Å². The molecule has 0 bridgehead atoms. The third-order valence-corrected chi connectivity index (χ3v) is 5.49. The molecule has 0 fully saturated rings. The summed E-state index contributed by atoms with van der Waals surface area (Å²) in [6.45, 7) is 1.69. The van der Waals surface area contributed by atoms with Crippen LogP contribution < -0.4 is 10.1 Å². The molecule has 4 aromatic rings. The van der Waals surface area contributed by atoms with E-state index >= 15 is 0 Å². The van der Waals surface area contributed by atoms with Gasteiger partial charge in [-0.05, 0) is 23.8 Å². The zero-order valence-corrected chi connectivity index (χ0v) is 18.6. The first-order valence-corrected chi connectivity index (χ1v) is 10.7. The molecule has 0 spiro atoms. The van der Waals surface area contributed by atoms with E-state index in [0.29, 0.717) is 29.7 Å². The van der Waals surface area contributed by atoms with E-state index in [0.717, 1.165) is 33.8 Å². The molecule has 0 saturated heterocycles. The predicted octanol–water partition coefficient (Wildman–Crippen LogP) is 5.60. The number of ether oxygens (including phenoxy) is 1. The first kappa shape index (κ1) is 21.4. The minimum Gasteiger partial charge on any atom is -0.496 e. The summed E-state index contributed by atoms with van der Waals surface area (Å²) in [5.41, 5.74) is 4.73. The third kappa shape index (κ3) is 5.25. The van der Waals surface area contributed by atoms with Crippen LogP contribution in [0.5, 0.6) is 5.75 Å². The highest BCUT2D eigenvalue weighted by Gasteiger charge is 2.14. The van der Waals surface area contributed by atoms with Crippen LogP contribution in [-0.2, 0) is 19.6 Å². The second-order valence-corrected chi connectivity index (χ2v) is 7.89. The van der Waals surface area contributed by atoms with Crippen molar-refractivity contribution in [2.45, 2.75) is 19.6 Å². The van der Waals surface area contributed by atoms with Crippen LogP contribution in [0.4, 0.5) is 0 Å². The van der Waals surface area contributed by atoms with Gasteiger partial charge in [0.1, 0.15) is 17.1 Å². The van der Waals surface area contributed by atoms with Gasteiger partial charge in [0.2, 0.25) is 0 Å². The number of halogens is 2. The Balaban J connectivity index is 1.56. The highest BCUT2D eigenvalue weighted by molar-refractivity contribution is 6.35. The van der Waals surface area contributed by atoms with Gasteiger partial charge < -0.3 is 10.1 Å². The van der Waals surface area contributed by atoms with Crippen molar-refractivity contribution in [3.05, 3.63) is 99.7 Å². The molecule has 3 aromatic carbocycles. The molecule has 0 amide bonds. The quantitative estimate of drug-likeness (QED) is 0.378. The maximum Gasteiger partial charge on any atom is 0.123 e. The molecule has 4 rings (SSSR count). The zero-order valence-electron chi connectivity index (χ0n) is 17.1. The summed E-state index contributed by atoms with van der Waals surface area (Å²) in [6.07, 6.45) is 0. The smallest absolute Gasteiger partial charge is 0.123 e. The molecule has 7 heteroatoms. The number of nitrogens with zero attached hydrogens (tertiary/aromatic N) is 3. The van der Waals surface area contributed by atoms with Gasteiger partial charge in [-0.3, -0.25) is 0 Å². The molecule has 0 aliphatic rings. The Labute approximate surface area is 191 Å². The number of benzene rings is 3. The van der Waals surface area contributed by atoms with Gasteiger partial charge in [0.15, 0.2) is 0 Å². The summed E-state index contributed by atoms with van der Waals surface area (Å²) in [4.78, 5) is 1.68. The molecule has 0 radical (unpaired) electrons. The molecule has 0 aliphatic carbocycles. The lowest BCUT2D eigenvalue weighted by Gasteiger charge is -2.09. The van der Waals surface area contributed by atoms with Crippen LogP contribution in [-0.4, -0.2) is 22.1 Å². The van der Waals surface area contributed by atoms with E-state index < -0.39 is 0 Å². The summed E-state index contributed by atoms with van der Waals surface area (Å²) in [7, 11) is 1.68. The zero-order chi connectivity index (χ0) is 21.6. The van der Waals surface area contributed by atoms with Crippen molar-refractivity contribution in [3.63, 3.8) is 0 Å². The number of nitrogens with one attached hydrogen (secondary N) is 1. The van der Waals surface area contributed by atoms with E-state index in [4.69, 9.17) is 38.1 Å². The van der Waals surface area contributed by atoms with E-state index in [-0.39, 0.29) is 0 Å². The second-order valence-electron chi connectivity index (χ2n) is 7.04. The highest BCUT2D eigenvalue weighted by Crippen LogP contribution is 2.24. The molecule has 0 atom stereocenters. The Bertz CT molecular complexity index is 1160.